The Morgan fingerprint density at radius 2 is 1.84 bits per heavy atom. The van der Waals surface area contributed by atoms with Gasteiger partial charge >= 0.3 is 0 Å². The predicted octanol–water partition coefficient (Wildman–Crippen LogP) is 3.49. The first-order valence-electron chi connectivity index (χ1n) is 7.49. The SMILES string of the molecule is CCCc1c(NCC)ncnc1N(C)C(CC)CC. The lowest BCUT2D eigenvalue weighted by atomic mass is 10.1. The molecule has 0 aliphatic heterocycles. The average molecular weight is 264 g/mol. The maximum Gasteiger partial charge on any atom is 0.137 e. The Bertz CT molecular complexity index is 374. The highest BCUT2D eigenvalue weighted by Gasteiger charge is 2.18. The molecule has 1 heterocycles. The zero-order valence-electron chi connectivity index (χ0n) is 13.0. The molecular weight excluding hydrogens is 236 g/mol. The highest BCUT2D eigenvalue weighted by atomic mass is 15.2. The van der Waals surface area contributed by atoms with Crippen LogP contribution in [0.3, 0.4) is 0 Å². The van der Waals surface area contributed by atoms with Crippen LogP contribution >= 0.6 is 0 Å². The van der Waals surface area contributed by atoms with Crippen molar-refractivity contribution >= 4 is 11.6 Å². The molecule has 0 spiro atoms. The third-order valence-electron chi connectivity index (χ3n) is 3.59. The molecule has 4 nitrogen and oxygen atoms in total. The van der Waals surface area contributed by atoms with E-state index in [0.29, 0.717) is 6.04 Å². The van der Waals surface area contributed by atoms with Crippen molar-refractivity contribution in [1.82, 2.24) is 9.97 Å². The average Bonchev–Trinajstić information content (AvgIpc) is 2.42. The van der Waals surface area contributed by atoms with E-state index in [2.05, 4.69) is 54.9 Å². The minimum absolute atomic E-state index is 0.542. The Balaban J connectivity index is 3.13. The number of hydrogen-bond donors (Lipinski definition) is 1. The van der Waals surface area contributed by atoms with Crippen LogP contribution in [0.1, 0.15) is 52.5 Å². The molecule has 1 N–H and O–H groups in total. The van der Waals surface area contributed by atoms with E-state index in [0.717, 1.165) is 43.9 Å². The highest BCUT2D eigenvalue weighted by molar-refractivity contribution is 5.59. The van der Waals surface area contributed by atoms with Gasteiger partial charge in [-0.15, -0.1) is 0 Å². The molecule has 1 aromatic heterocycles. The molecule has 19 heavy (non-hydrogen) atoms. The largest absolute Gasteiger partial charge is 0.370 e. The minimum atomic E-state index is 0.542. The van der Waals surface area contributed by atoms with Crippen molar-refractivity contribution in [2.24, 2.45) is 0 Å². The number of anilines is 2. The summed E-state index contributed by atoms with van der Waals surface area (Å²) in [5.74, 6) is 2.08. The Morgan fingerprint density at radius 1 is 1.16 bits per heavy atom. The Labute approximate surface area is 117 Å². The number of rotatable bonds is 8. The summed E-state index contributed by atoms with van der Waals surface area (Å²) in [4.78, 5) is 11.2. The second kappa shape index (κ2) is 7.97. The maximum atomic E-state index is 4.53. The van der Waals surface area contributed by atoms with E-state index in [1.807, 2.05) is 0 Å². The summed E-state index contributed by atoms with van der Waals surface area (Å²) in [5.41, 5.74) is 1.25. The van der Waals surface area contributed by atoms with Crippen molar-refractivity contribution in [1.29, 1.82) is 0 Å². The van der Waals surface area contributed by atoms with Crippen LogP contribution < -0.4 is 10.2 Å². The fourth-order valence-electron chi connectivity index (χ4n) is 2.52. The third-order valence-corrected chi connectivity index (χ3v) is 3.59. The molecule has 0 radical (unpaired) electrons. The van der Waals surface area contributed by atoms with Gasteiger partial charge in [-0.05, 0) is 26.2 Å². The Morgan fingerprint density at radius 3 is 2.37 bits per heavy atom. The van der Waals surface area contributed by atoms with Gasteiger partial charge in [0, 0.05) is 25.2 Å². The molecule has 0 aliphatic rings. The van der Waals surface area contributed by atoms with Crippen molar-refractivity contribution in [3.05, 3.63) is 11.9 Å². The lowest BCUT2D eigenvalue weighted by molar-refractivity contribution is 0.584. The molecular formula is C15H28N4. The molecule has 108 valence electrons. The molecule has 0 saturated carbocycles. The van der Waals surface area contributed by atoms with Crippen molar-refractivity contribution in [3.8, 4) is 0 Å². The van der Waals surface area contributed by atoms with Gasteiger partial charge in [0.05, 0.1) is 0 Å². The summed E-state index contributed by atoms with van der Waals surface area (Å²) >= 11 is 0. The lowest BCUT2D eigenvalue weighted by Gasteiger charge is -2.29. The van der Waals surface area contributed by atoms with Gasteiger partial charge in [0.25, 0.3) is 0 Å². The Hall–Kier alpha value is -1.32. The first-order valence-corrected chi connectivity index (χ1v) is 7.49. The minimum Gasteiger partial charge on any atom is -0.370 e. The fraction of sp³-hybridized carbons (Fsp3) is 0.733. The first kappa shape index (κ1) is 15.7. The predicted molar refractivity (Wildman–Crippen MR) is 83.0 cm³/mol. The van der Waals surface area contributed by atoms with Crippen molar-refractivity contribution in [3.63, 3.8) is 0 Å². The summed E-state index contributed by atoms with van der Waals surface area (Å²) < 4.78 is 0. The Kier molecular flexibility index (Phi) is 6.60. The van der Waals surface area contributed by atoms with Gasteiger partial charge in [0.2, 0.25) is 0 Å². The van der Waals surface area contributed by atoms with Gasteiger partial charge in [0.1, 0.15) is 18.0 Å². The summed E-state index contributed by atoms with van der Waals surface area (Å²) in [6, 6.07) is 0.542. The van der Waals surface area contributed by atoms with E-state index < -0.39 is 0 Å². The van der Waals surface area contributed by atoms with E-state index in [4.69, 9.17) is 0 Å². The van der Waals surface area contributed by atoms with Crippen molar-refractivity contribution in [2.45, 2.75) is 59.4 Å². The molecule has 0 saturated heterocycles. The van der Waals surface area contributed by atoms with Crippen molar-refractivity contribution < 1.29 is 0 Å². The number of nitrogens with one attached hydrogen (secondary N) is 1. The fourth-order valence-corrected chi connectivity index (χ4v) is 2.52. The van der Waals surface area contributed by atoms with E-state index in [9.17, 15) is 0 Å². The van der Waals surface area contributed by atoms with Crippen LogP contribution in [0.4, 0.5) is 11.6 Å². The molecule has 4 heteroatoms. The molecule has 0 fully saturated rings. The standard InChI is InChI=1S/C15H28N4/c1-6-10-13-14(16-9-4)17-11-18-15(13)19(5)12(7-2)8-3/h11-12H,6-10H2,1-5H3,(H,16,17,18). The van der Waals surface area contributed by atoms with E-state index in [1.165, 1.54) is 5.56 Å². The summed E-state index contributed by atoms with van der Waals surface area (Å²) in [7, 11) is 2.15. The zero-order valence-corrected chi connectivity index (χ0v) is 13.0. The highest BCUT2D eigenvalue weighted by Crippen LogP contribution is 2.26. The van der Waals surface area contributed by atoms with Crippen LogP contribution in [0, 0.1) is 0 Å². The molecule has 0 bridgehead atoms. The third kappa shape index (κ3) is 3.82. The quantitative estimate of drug-likeness (QED) is 0.780. The van der Waals surface area contributed by atoms with Gasteiger partial charge < -0.3 is 10.2 Å². The summed E-state index contributed by atoms with van der Waals surface area (Å²) in [6.07, 6.45) is 6.07. The van der Waals surface area contributed by atoms with Crippen molar-refractivity contribution in [2.75, 3.05) is 23.8 Å². The second-order valence-corrected chi connectivity index (χ2v) is 4.89. The molecule has 0 aliphatic carbocycles. The zero-order chi connectivity index (χ0) is 14.3. The number of hydrogen-bond acceptors (Lipinski definition) is 4. The molecule has 1 rings (SSSR count). The molecule has 0 aromatic carbocycles. The van der Waals surface area contributed by atoms with Crippen LogP contribution in [0.2, 0.25) is 0 Å². The van der Waals surface area contributed by atoms with E-state index in [1.54, 1.807) is 6.33 Å². The van der Waals surface area contributed by atoms with Crippen LogP contribution in [0.5, 0.6) is 0 Å². The number of nitrogens with zero attached hydrogens (tertiary/aromatic N) is 3. The molecule has 0 unspecified atom stereocenters. The topological polar surface area (TPSA) is 41.1 Å². The van der Waals surface area contributed by atoms with Crippen LogP contribution in [-0.2, 0) is 6.42 Å². The van der Waals surface area contributed by atoms with Crippen LogP contribution in [0.25, 0.3) is 0 Å². The van der Waals surface area contributed by atoms with Crippen LogP contribution in [0.15, 0.2) is 6.33 Å². The normalized spacial score (nSPS) is 10.8. The van der Waals surface area contributed by atoms with E-state index in [-0.39, 0.29) is 0 Å². The first-order chi connectivity index (χ1) is 9.19. The monoisotopic (exact) mass is 264 g/mol. The summed E-state index contributed by atoms with van der Waals surface area (Å²) in [5, 5.41) is 3.35. The molecule has 0 atom stereocenters. The number of aromatic nitrogens is 2. The van der Waals surface area contributed by atoms with Crippen LogP contribution in [-0.4, -0.2) is 29.6 Å². The molecule has 0 amide bonds. The summed E-state index contributed by atoms with van der Waals surface area (Å²) in [6.45, 7) is 9.65. The van der Waals surface area contributed by atoms with Gasteiger partial charge in [-0.3, -0.25) is 0 Å². The second-order valence-electron chi connectivity index (χ2n) is 4.89. The van der Waals surface area contributed by atoms with E-state index >= 15 is 0 Å². The maximum absolute atomic E-state index is 4.53. The van der Waals surface area contributed by atoms with Gasteiger partial charge in [-0.1, -0.05) is 27.2 Å². The van der Waals surface area contributed by atoms with Gasteiger partial charge in [-0.2, -0.15) is 0 Å². The lowest BCUT2D eigenvalue weighted by Crippen LogP contribution is -2.32. The molecule has 1 aromatic rings. The smallest absolute Gasteiger partial charge is 0.137 e. The van der Waals surface area contributed by atoms with Gasteiger partial charge in [0.15, 0.2) is 0 Å². The van der Waals surface area contributed by atoms with Gasteiger partial charge in [-0.25, -0.2) is 9.97 Å².